The van der Waals surface area contributed by atoms with Crippen molar-refractivity contribution >= 4 is 17.3 Å². The molecule has 0 aliphatic heterocycles. The van der Waals surface area contributed by atoms with Crippen molar-refractivity contribution < 1.29 is 0 Å². The third kappa shape index (κ3) is 3.13. The average molecular weight is 241 g/mol. The fraction of sp³-hybridized carbons (Fsp3) is 0.538. The van der Waals surface area contributed by atoms with Crippen LogP contribution >= 0.6 is 11.6 Å². The van der Waals surface area contributed by atoms with Gasteiger partial charge in [-0.3, -0.25) is 0 Å². The summed E-state index contributed by atoms with van der Waals surface area (Å²) in [6.07, 6.45) is 0. The lowest BCUT2D eigenvalue weighted by atomic mass is 10.0. The minimum atomic E-state index is 0.263. The molecule has 0 fully saturated rings. The third-order valence-corrected chi connectivity index (χ3v) is 3.12. The maximum absolute atomic E-state index is 6.24. The van der Waals surface area contributed by atoms with Crippen LogP contribution in [0.5, 0.6) is 0 Å². The Bertz CT molecular complexity index is 338. The number of nitrogens with two attached hydrogens (primary N) is 1. The quantitative estimate of drug-likeness (QED) is 0.847. The normalized spacial score (nSPS) is 12.9. The summed E-state index contributed by atoms with van der Waals surface area (Å²) in [6.45, 7) is 9.03. The number of benzene rings is 1. The highest BCUT2D eigenvalue weighted by molar-refractivity contribution is 6.33. The smallest absolute Gasteiger partial charge is 0.0642 e. The van der Waals surface area contributed by atoms with E-state index in [0.717, 1.165) is 10.7 Å². The van der Waals surface area contributed by atoms with E-state index in [1.807, 2.05) is 13.0 Å². The molecule has 0 heterocycles. The van der Waals surface area contributed by atoms with Crippen LogP contribution in [0.15, 0.2) is 12.1 Å². The predicted octanol–water partition coefficient (Wildman–Crippen LogP) is 3.35. The van der Waals surface area contributed by atoms with E-state index >= 15 is 0 Å². The van der Waals surface area contributed by atoms with Crippen molar-refractivity contribution in [3.8, 4) is 0 Å². The molecule has 1 unspecified atom stereocenters. The molecule has 1 rings (SSSR count). The van der Waals surface area contributed by atoms with Crippen molar-refractivity contribution in [1.29, 1.82) is 0 Å². The number of anilines is 1. The first kappa shape index (κ1) is 13.3. The average Bonchev–Trinajstić information content (AvgIpc) is 2.15. The second-order valence-electron chi connectivity index (χ2n) is 4.67. The van der Waals surface area contributed by atoms with Gasteiger partial charge in [-0.05, 0) is 37.0 Å². The summed E-state index contributed by atoms with van der Waals surface area (Å²) >= 11 is 6.24. The first-order chi connectivity index (χ1) is 7.45. The van der Waals surface area contributed by atoms with Gasteiger partial charge < -0.3 is 11.1 Å². The zero-order valence-electron chi connectivity index (χ0n) is 10.5. The lowest BCUT2D eigenvalue weighted by Crippen LogP contribution is -2.34. The molecule has 2 nitrogen and oxygen atoms in total. The van der Waals surface area contributed by atoms with E-state index in [9.17, 15) is 0 Å². The summed E-state index contributed by atoms with van der Waals surface area (Å²) in [5, 5.41) is 4.21. The number of nitrogens with one attached hydrogen (secondary N) is 1. The number of aryl methyl sites for hydroxylation is 2. The van der Waals surface area contributed by atoms with Crippen LogP contribution in [-0.2, 0) is 0 Å². The van der Waals surface area contributed by atoms with Crippen molar-refractivity contribution in [2.24, 2.45) is 11.7 Å². The van der Waals surface area contributed by atoms with Gasteiger partial charge in [0.15, 0.2) is 0 Å². The Morgan fingerprint density at radius 2 is 1.94 bits per heavy atom. The first-order valence-electron chi connectivity index (χ1n) is 5.69. The molecule has 0 saturated carbocycles. The van der Waals surface area contributed by atoms with Gasteiger partial charge in [-0.15, -0.1) is 0 Å². The van der Waals surface area contributed by atoms with Crippen LogP contribution in [0.2, 0.25) is 5.02 Å². The molecule has 0 spiro atoms. The Kier molecular flexibility index (Phi) is 4.63. The number of hydrogen-bond acceptors (Lipinski definition) is 2. The molecule has 0 aliphatic rings. The molecule has 0 aliphatic carbocycles. The van der Waals surface area contributed by atoms with E-state index in [-0.39, 0.29) is 6.04 Å². The largest absolute Gasteiger partial charge is 0.379 e. The lowest BCUT2D eigenvalue weighted by molar-refractivity contribution is 0.531. The maximum atomic E-state index is 6.24. The minimum Gasteiger partial charge on any atom is -0.379 e. The second kappa shape index (κ2) is 5.55. The Morgan fingerprint density at radius 3 is 2.38 bits per heavy atom. The maximum Gasteiger partial charge on any atom is 0.0642 e. The van der Waals surface area contributed by atoms with Crippen LogP contribution in [0.25, 0.3) is 0 Å². The standard InChI is InChI=1S/C13H21ClN2/c1-8(2)12(7-15)16-13-10(4)5-9(3)6-11(13)14/h5-6,8,12,16H,7,15H2,1-4H3. The number of rotatable bonds is 4. The summed E-state index contributed by atoms with van der Waals surface area (Å²) in [5.41, 5.74) is 9.11. The van der Waals surface area contributed by atoms with E-state index in [1.54, 1.807) is 0 Å². The Balaban J connectivity index is 2.96. The van der Waals surface area contributed by atoms with Gasteiger partial charge in [0.2, 0.25) is 0 Å². The van der Waals surface area contributed by atoms with Crippen LogP contribution in [0, 0.1) is 19.8 Å². The molecule has 3 N–H and O–H groups in total. The van der Waals surface area contributed by atoms with Gasteiger partial charge >= 0.3 is 0 Å². The van der Waals surface area contributed by atoms with Gasteiger partial charge in [-0.1, -0.05) is 31.5 Å². The number of hydrogen-bond donors (Lipinski definition) is 2. The predicted molar refractivity (Wildman–Crippen MR) is 72.2 cm³/mol. The van der Waals surface area contributed by atoms with Gasteiger partial charge in [0, 0.05) is 12.6 Å². The van der Waals surface area contributed by atoms with Crippen LogP contribution < -0.4 is 11.1 Å². The molecule has 3 heteroatoms. The van der Waals surface area contributed by atoms with Crippen LogP contribution in [0.3, 0.4) is 0 Å². The molecule has 0 saturated heterocycles. The fourth-order valence-electron chi connectivity index (χ4n) is 1.78. The van der Waals surface area contributed by atoms with Crippen molar-refractivity contribution in [3.63, 3.8) is 0 Å². The Morgan fingerprint density at radius 1 is 1.31 bits per heavy atom. The summed E-state index contributed by atoms with van der Waals surface area (Å²) in [7, 11) is 0. The molecule has 1 aromatic rings. The highest BCUT2D eigenvalue weighted by Crippen LogP contribution is 2.28. The summed E-state index contributed by atoms with van der Waals surface area (Å²) in [5.74, 6) is 0.488. The number of halogens is 1. The molecule has 90 valence electrons. The first-order valence-corrected chi connectivity index (χ1v) is 6.06. The van der Waals surface area contributed by atoms with E-state index in [0.29, 0.717) is 12.5 Å². The monoisotopic (exact) mass is 240 g/mol. The zero-order valence-corrected chi connectivity index (χ0v) is 11.2. The molecule has 0 amide bonds. The molecule has 0 aromatic heterocycles. The van der Waals surface area contributed by atoms with Crippen molar-refractivity contribution in [1.82, 2.24) is 0 Å². The summed E-state index contributed by atoms with van der Waals surface area (Å²) < 4.78 is 0. The van der Waals surface area contributed by atoms with Gasteiger partial charge in [-0.2, -0.15) is 0 Å². The molecule has 0 bridgehead atoms. The second-order valence-corrected chi connectivity index (χ2v) is 5.08. The van der Waals surface area contributed by atoms with Crippen molar-refractivity contribution in [3.05, 3.63) is 28.3 Å². The molecule has 0 radical (unpaired) electrons. The van der Waals surface area contributed by atoms with Crippen LogP contribution in [0.1, 0.15) is 25.0 Å². The summed E-state index contributed by atoms with van der Waals surface area (Å²) in [4.78, 5) is 0. The van der Waals surface area contributed by atoms with E-state index in [4.69, 9.17) is 17.3 Å². The van der Waals surface area contributed by atoms with Crippen LogP contribution in [0.4, 0.5) is 5.69 Å². The van der Waals surface area contributed by atoms with Crippen molar-refractivity contribution in [2.45, 2.75) is 33.7 Å². The van der Waals surface area contributed by atoms with E-state index < -0.39 is 0 Å². The van der Waals surface area contributed by atoms with Crippen molar-refractivity contribution in [2.75, 3.05) is 11.9 Å². The highest BCUT2D eigenvalue weighted by atomic mass is 35.5. The SMILES string of the molecule is Cc1cc(C)c(NC(CN)C(C)C)c(Cl)c1. The topological polar surface area (TPSA) is 38.0 Å². The van der Waals surface area contributed by atoms with Gasteiger partial charge in [0.25, 0.3) is 0 Å². The van der Waals surface area contributed by atoms with E-state index in [2.05, 4.69) is 32.2 Å². The molecule has 16 heavy (non-hydrogen) atoms. The minimum absolute atomic E-state index is 0.263. The zero-order chi connectivity index (χ0) is 12.3. The molecular formula is C13H21ClN2. The van der Waals surface area contributed by atoms with Gasteiger partial charge in [0.1, 0.15) is 0 Å². The summed E-state index contributed by atoms with van der Waals surface area (Å²) in [6, 6.07) is 4.37. The fourth-order valence-corrected chi connectivity index (χ4v) is 2.16. The van der Waals surface area contributed by atoms with Gasteiger partial charge in [-0.25, -0.2) is 0 Å². The lowest BCUT2D eigenvalue weighted by Gasteiger charge is -2.24. The Hall–Kier alpha value is -0.730. The Labute approximate surface area is 103 Å². The molecule has 1 atom stereocenters. The van der Waals surface area contributed by atoms with Gasteiger partial charge in [0.05, 0.1) is 10.7 Å². The molecular weight excluding hydrogens is 220 g/mol. The highest BCUT2D eigenvalue weighted by Gasteiger charge is 2.14. The van der Waals surface area contributed by atoms with E-state index in [1.165, 1.54) is 11.1 Å². The van der Waals surface area contributed by atoms with Crippen LogP contribution in [-0.4, -0.2) is 12.6 Å². The molecule has 1 aromatic carbocycles. The third-order valence-electron chi connectivity index (χ3n) is 2.82.